The summed E-state index contributed by atoms with van der Waals surface area (Å²) in [6.07, 6.45) is 0.870. The molecule has 6 nitrogen and oxygen atoms in total. The lowest BCUT2D eigenvalue weighted by Crippen LogP contribution is -2.46. The second-order valence-electron chi connectivity index (χ2n) is 5.30. The third-order valence-electron chi connectivity index (χ3n) is 3.59. The molecule has 1 amide bonds. The first-order valence-corrected chi connectivity index (χ1v) is 8.69. The van der Waals surface area contributed by atoms with Gasteiger partial charge in [0.05, 0.1) is 25.9 Å². The zero-order valence-corrected chi connectivity index (χ0v) is 14.1. The Labute approximate surface area is 140 Å². The van der Waals surface area contributed by atoms with Gasteiger partial charge in [0.1, 0.15) is 11.5 Å². The van der Waals surface area contributed by atoms with Crippen LogP contribution in [0.2, 0.25) is 0 Å². The van der Waals surface area contributed by atoms with Crippen LogP contribution in [0.1, 0.15) is 6.42 Å². The lowest BCUT2D eigenvalue weighted by atomic mass is 10.0. The molecule has 1 fully saturated rings. The molecule has 0 radical (unpaired) electrons. The van der Waals surface area contributed by atoms with Gasteiger partial charge in [0.25, 0.3) is 5.91 Å². The van der Waals surface area contributed by atoms with Crippen LogP contribution in [0.15, 0.2) is 24.3 Å². The second kappa shape index (κ2) is 9.00. The molecule has 1 aromatic rings. The number of hydrogen-bond acceptors (Lipinski definition) is 6. The maximum atomic E-state index is 12.0. The first kappa shape index (κ1) is 17.9. The number of carbonyl (C=O) groups excluding carboxylic acids is 1. The van der Waals surface area contributed by atoms with Crippen molar-refractivity contribution in [1.29, 1.82) is 0 Å². The molecule has 0 bridgehead atoms. The van der Waals surface area contributed by atoms with E-state index < -0.39 is 0 Å². The van der Waals surface area contributed by atoms with E-state index >= 15 is 0 Å². The highest BCUT2D eigenvalue weighted by atomic mass is 32.2. The van der Waals surface area contributed by atoms with E-state index in [9.17, 15) is 4.79 Å². The molecule has 1 aromatic carbocycles. The first-order chi connectivity index (χ1) is 11.2. The predicted octanol–water partition coefficient (Wildman–Crippen LogP) is 1.07. The highest BCUT2D eigenvalue weighted by molar-refractivity contribution is 7.99. The zero-order chi connectivity index (χ0) is 16.5. The summed E-state index contributed by atoms with van der Waals surface area (Å²) in [4.78, 5) is 12.0. The summed E-state index contributed by atoms with van der Waals surface area (Å²) in [6, 6.07) is 7.12. The van der Waals surface area contributed by atoms with Crippen molar-refractivity contribution in [2.24, 2.45) is 0 Å². The van der Waals surface area contributed by atoms with Crippen molar-refractivity contribution in [1.82, 2.24) is 5.32 Å². The van der Waals surface area contributed by atoms with E-state index in [1.165, 1.54) is 0 Å². The van der Waals surface area contributed by atoms with Gasteiger partial charge in [0.2, 0.25) is 0 Å². The van der Waals surface area contributed by atoms with E-state index in [4.69, 9.17) is 19.3 Å². The Hall–Kier alpha value is -1.44. The number of benzene rings is 1. The van der Waals surface area contributed by atoms with Gasteiger partial charge in [-0.1, -0.05) is 6.07 Å². The van der Waals surface area contributed by atoms with Crippen molar-refractivity contribution in [3.05, 3.63) is 24.3 Å². The monoisotopic (exact) mass is 341 g/mol. The number of nitrogens with one attached hydrogen (secondary N) is 1. The van der Waals surface area contributed by atoms with Crippen LogP contribution in [0.25, 0.3) is 0 Å². The van der Waals surface area contributed by atoms with E-state index in [0.29, 0.717) is 18.0 Å². The van der Waals surface area contributed by atoms with Crippen molar-refractivity contribution in [3.63, 3.8) is 0 Å². The number of hydrogen-bond donors (Lipinski definition) is 2. The van der Waals surface area contributed by atoms with Crippen LogP contribution in [-0.2, 0) is 9.53 Å². The molecule has 0 aromatic heterocycles. The largest absolute Gasteiger partial charge is 0.497 e. The number of aliphatic hydroxyl groups excluding tert-OH is 1. The zero-order valence-electron chi connectivity index (χ0n) is 13.2. The molecule has 1 aliphatic rings. The van der Waals surface area contributed by atoms with Gasteiger partial charge in [-0.15, -0.1) is 0 Å². The number of amides is 1. The third-order valence-corrected chi connectivity index (χ3v) is 4.81. The van der Waals surface area contributed by atoms with E-state index in [2.05, 4.69) is 5.32 Å². The van der Waals surface area contributed by atoms with Crippen LogP contribution in [0, 0.1) is 0 Å². The quantitative estimate of drug-likeness (QED) is 0.700. The Morgan fingerprint density at radius 2 is 2.26 bits per heavy atom. The number of aliphatic hydroxyl groups is 1. The van der Waals surface area contributed by atoms with E-state index in [1.54, 1.807) is 37.1 Å². The molecular weight excluding hydrogens is 318 g/mol. The molecule has 2 rings (SSSR count). The molecule has 0 aliphatic carbocycles. The molecule has 1 unspecified atom stereocenters. The van der Waals surface area contributed by atoms with Gasteiger partial charge in [-0.25, -0.2) is 0 Å². The van der Waals surface area contributed by atoms with Crippen LogP contribution in [0.3, 0.4) is 0 Å². The molecule has 0 saturated carbocycles. The van der Waals surface area contributed by atoms with Crippen LogP contribution in [-0.4, -0.2) is 61.6 Å². The SMILES string of the molecule is COc1cccc(OCC(=O)NCC2(OCCO)CCSC2)c1. The van der Waals surface area contributed by atoms with Gasteiger partial charge >= 0.3 is 0 Å². The van der Waals surface area contributed by atoms with E-state index in [-0.39, 0.29) is 31.3 Å². The molecular formula is C16H23NO5S. The van der Waals surface area contributed by atoms with Gasteiger partial charge in [-0.3, -0.25) is 4.79 Å². The standard InChI is InChI=1S/C16H23NO5S/c1-20-13-3-2-4-14(9-13)21-10-15(19)17-11-16(22-7-6-18)5-8-23-12-16/h2-4,9,18H,5-8,10-12H2,1H3,(H,17,19). The Bertz CT molecular complexity index is 505. The number of ether oxygens (including phenoxy) is 3. The average molecular weight is 341 g/mol. The summed E-state index contributed by atoms with van der Waals surface area (Å²) in [7, 11) is 1.58. The maximum Gasteiger partial charge on any atom is 0.258 e. The topological polar surface area (TPSA) is 77.0 Å². The third kappa shape index (κ3) is 5.60. The smallest absolute Gasteiger partial charge is 0.258 e. The molecule has 2 N–H and O–H groups in total. The van der Waals surface area contributed by atoms with E-state index in [0.717, 1.165) is 17.9 Å². The van der Waals surface area contributed by atoms with E-state index in [1.807, 2.05) is 6.07 Å². The van der Waals surface area contributed by atoms with Gasteiger partial charge < -0.3 is 24.6 Å². The summed E-state index contributed by atoms with van der Waals surface area (Å²) >= 11 is 1.79. The number of methoxy groups -OCH3 is 1. The fourth-order valence-corrected chi connectivity index (χ4v) is 3.67. The fraction of sp³-hybridized carbons (Fsp3) is 0.562. The highest BCUT2D eigenvalue weighted by Gasteiger charge is 2.35. The average Bonchev–Trinajstić information content (AvgIpc) is 3.06. The predicted molar refractivity (Wildman–Crippen MR) is 89.2 cm³/mol. The molecule has 23 heavy (non-hydrogen) atoms. The Balaban J connectivity index is 1.77. The summed E-state index contributed by atoms with van der Waals surface area (Å²) in [6.45, 7) is 0.646. The lowest BCUT2D eigenvalue weighted by Gasteiger charge is -2.28. The van der Waals surface area contributed by atoms with Crippen molar-refractivity contribution in [3.8, 4) is 11.5 Å². The van der Waals surface area contributed by atoms with Crippen LogP contribution in [0.4, 0.5) is 0 Å². The first-order valence-electron chi connectivity index (χ1n) is 7.53. The van der Waals surface area contributed by atoms with Crippen LogP contribution >= 0.6 is 11.8 Å². The van der Waals surface area contributed by atoms with Gasteiger partial charge in [0.15, 0.2) is 6.61 Å². The molecule has 128 valence electrons. The van der Waals surface area contributed by atoms with Crippen molar-refractivity contribution in [2.45, 2.75) is 12.0 Å². The number of rotatable bonds is 9. The second-order valence-corrected chi connectivity index (χ2v) is 6.41. The Kier molecular flexibility index (Phi) is 7.01. The normalized spacial score (nSPS) is 20.3. The number of carbonyl (C=O) groups is 1. The molecule has 1 saturated heterocycles. The molecule has 7 heteroatoms. The minimum atomic E-state index is -0.376. The molecule has 0 spiro atoms. The van der Waals surface area contributed by atoms with Crippen LogP contribution in [0.5, 0.6) is 11.5 Å². The van der Waals surface area contributed by atoms with Crippen molar-refractivity contribution >= 4 is 17.7 Å². The van der Waals surface area contributed by atoms with Crippen molar-refractivity contribution in [2.75, 3.05) is 45.0 Å². The molecule has 1 atom stereocenters. The molecule has 1 aliphatic heterocycles. The van der Waals surface area contributed by atoms with Crippen molar-refractivity contribution < 1.29 is 24.1 Å². The number of thioether (sulfide) groups is 1. The minimum absolute atomic E-state index is 0.0146. The van der Waals surface area contributed by atoms with Crippen LogP contribution < -0.4 is 14.8 Å². The summed E-state index contributed by atoms with van der Waals surface area (Å²) in [5.74, 6) is 2.90. The highest BCUT2D eigenvalue weighted by Crippen LogP contribution is 2.30. The Morgan fingerprint density at radius 3 is 2.96 bits per heavy atom. The summed E-state index contributed by atoms with van der Waals surface area (Å²) < 4.78 is 16.3. The Morgan fingerprint density at radius 1 is 1.43 bits per heavy atom. The van der Waals surface area contributed by atoms with Gasteiger partial charge in [-0.2, -0.15) is 11.8 Å². The van der Waals surface area contributed by atoms with Gasteiger partial charge in [0, 0.05) is 18.4 Å². The molecule has 1 heterocycles. The minimum Gasteiger partial charge on any atom is -0.497 e. The fourth-order valence-electron chi connectivity index (χ4n) is 2.31. The van der Waals surface area contributed by atoms with Gasteiger partial charge in [-0.05, 0) is 24.3 Å². The summed E-state index contributed by atoms with van der Waals surface area (Å²) in [5.41, 5.74) is -0.376. The maximum absolute atomic E-state index is 12.0. The summed E-state index contributed by atoms with van der Waals surface area (Å²) in [5, 5.41) is 11.8. The lowest BCUT2D eigenvalue weighted by molar-refractivity contribution is -0.125.